The van der Waals surface area contributed by atoms with Crippen molar-refractivity contribution in [3.63, 3.8) is 0 Å². The lowest BCUT2D eigenvalue weighted by atomic mass is 9.85. The van der Waals surface area contributed by atoms with E-state index in [1.807, 2.05) is 38.1 Å². The molecule has 5 rings (SSSR count). The van der Waals surface area contributed by atoms with E-state index in [4.69, 9.17) is 13.9 Å². The van der Waals surface area contributed by atoms with E-state index in [0.29, 0.717) is 16.9 Å². The second kappa shape index (κ2) is 8.26. The van der Waals surface area contributed by atoms with Gasteiger partial charge in [0.15, 0.2) is 0 Å². The largest absolute Gasteiger partial charge is 0.508 e. The van der Waals surface area contributed by atoms with Crippen LogP contribution in [-0.2, 0) is 4.79 Å². The van der Waals surface area contributed by atoms with Crippen molar-refractivity contribution < 1.29 is 28.9 Å². The zero-order chi connectivity index (χ0) is 24.0. The van der Waals surface area contributed by atoms with Gasteiger partial charge in [-0.1, -0.05) is 24.3 Å². The number of carbonyl (C=O) groups excluding carboxylic acids is 1. The van der Waals surface area contributed by atoms with E-state index in [1.165, 1.54) is 24.5 Å². The topological polar surface area (TPSA) is 106 Å². The van der Waals surface area contributed by atoms with Crippen LogP contribution in [0, 0.1) is 0 Å². The number of hydrogen-bond acceptors (Lipinski definition) is 7. The Bertz CT molecular complexity index is 1450. The third-order valence-corrected chi connectivity index (χ3v) is 5.80. The molecule has 7 heteroatoms. The summed E-state index contributed by atoms with van der Waals surface area (Å²) in [7, 11) is 0. The lowest BCUT2D eigenvalue weighted by Gasteiger charge is -2.26. The van der Waals surface area contributed by atoms with Crippen molar-refractivity contribution in [1.29, 1.82) is 0 Å². The average Bonchev–Trinajstić information content (AvgIpc) is 2.79. The van der Waals surface area contributed by atoms with Crippen molar-refractivity contribution in [2.45, 2.75) is 32.3 Å². The van der Waals surface area contributed by atoms with Gasteiger partial charge in [0.2, 0.25) is 5.43 Å². The lowest BCUT2D eigenvalue weighted by Crippen LogP contribution is -2.22. The molecule has 0 radical (unpaired) electrons. The zero-order valence-corrected chi connectivity index (χ0v) is 18.6. The molecule has 0 saturated carbocycles. The number of phenols is 2. The molecule has 1 aliphatic heterocycles. The van der Waals surface area contributed by atoms with Gasteiger partial charge in [-0.05, 0) is 49.2 Å². The maximum absolute atomic E-state index is 13.4. The fourth-order valence-electron chi connectivity index (χ4n) is 4.31. The molecule has 34 heavy (non-hydrogen) atoms. The summed E-state index contributed by atoms with van der Waals surface area (Å²) in [6.45, 7) is 3.88. The molecule has 1 aromatic heterocycles. The van der Waals surface area contributed by atoms with Gasteiger partial charge in [0, 0.05) is 17.5 Å². The fraction of sp³-hybridized carbons (Fsp3) is 0.185. The molecule has 1 aliphatic rings. The van der Waals surface area contributed by atoms with E-state index in [2.05, 4.69) is 0 Å². The normalized spacial score (nSPS) is 15.3. The minimum absolute atomic E-state index is 0.00651. The van der Waals surface area contributed by atoms with Gasteiger partial charge in [-0.15, -0.1) is 0 Å². The molecule has 4 aromatic rings. The highest BCUT2D eigenvalue weighted by molar-refractivity contribution is 5.94. The number of hydrogen-bond donors (Lipinski definition) is 2. The molecule has 7 nitrogen and oxygen atoms in total. The van der Waals surface area contributed by atoms with Gasteiger partial charge >= 0.3 is 5.97 Å². The quantitative estimate of drug-likeness (QED) is 0.324. The minimum Gasteiger partial charge on any atom is -0.508 e. The van der Waals surface area contributed by atoms with Gasteiger partial charge < -0.3 is 24.1 Å². The minimum atomic E-state index is -0.443. The van der Waals surface area contributed by atoms with Gasteiger partial charge in [-0.3, -0.25) is 9.59 Å². The first-order valence-corrected chi connectivity index (χ1v) is 10.9. The molecule has 0 amide bonds. The van der Waals surface area contributed by atoms with Gasteiger partial charge in [0.1, 0.15) is 40.2 Å². The smallest absolute Gasteiger partial charge is 0.312 e. The van der Waals surface area contributed by atoms with Crippen molar-refractivity contribution in [2.24, 2.45) is 0 Å². The van der Waals surface area contributed by atoms with Crippen LogP contribution in [0.15, 0.2) is 70.1 Å². The van der Waals surface area contributed by atoms with Gasteiger partial charge in [-0.2, -0.15) is 0 Å². The van der Waals surface area contributed by atoms with E-state index < -0.39 is 17.3 Å². The molecule has 3 aromatic carbocycles. The van der Waals surface area contributed by atoms with Gasteiger partial charge in [0.05, 0.1) is 18.1 Å². The van der Waals surface area contributed by atoms with Crippen LogP contribution in [0.4, 0.5) is 0 Å². The summed E-state index contributed by atoms with van der Waals surface area (Å²) in [6.07, 6.45) is 1.41. The number of benzene rings is 3. The number of aromatic hydroxyl groups is 2. The Morgan fingerprint density at radius 1 is 1.00 bits per heavy atom. The standard InChI is InChI=1S/C27H22O7/c1-14(2)33-18-9-5-15(6-10-18)19-11-23(30)34-22-12-21(29)25-26(31)20(13-32-27(25)24(19)22)16-3-7-17(28)8-4-16/h3-10,12-14,19,28-29H,11H2,1-2H3/t19-/m0/s1. The maximum Gasteiger partial charge on any atom is 0.312 e. The zero-order valence-electron chi connectivity index (χ0n) is 18.6. The van der Waals surface area contributed by atoms with E-state index in [-0.39, 0.29) is 46.3 Å². The molecular weight excluding hydrogens is 436 g/mol. The van der Waals surface area contributed by atoms with Crippen molar-refractivity contribution in [1.82, 2.24) is 0 Å². The van der Waals surface area contributed by atoms with E-state index >= 15 is 0 Å². The van der Waals surface area contributed by atoms with Crippen LogP contribution in [-0.4, -0.2) is 22.3 Å². The lowest BCUT2D eigenvalue weighted by molar-refractivity contribution is -0.135. The third-order valence-electron chi connectivity index (χ3n) is 5.80. The van der Waals surface area contributed by atoms with Crippen LogP contribution in [0.1, 0.15) is 37.3 Å². The second-order valence-corrected chi connectivity index (χ2v) is 8.50. The van der Waals surface area contributed by atoms with Crippen molar-refractivity contribution >= 4 is 16.9 Å². The molecule has 1 atom stereocenters. The van der Waals surface area contributed by atoms with Crippen LogP contribution in [0.3, 0.4) is 0 Å². The molecule has 0 fully saturated rings. The number of ether oxygens (including phenoxy) is 2. The molecule has 172 valence electrons. The summed E-state index contributed by atoms with van der Waals surface area (Å²) in [5.41, 5.74) is 1.87. The van der Waals surface area contributed by atoms with Gasteiger partial charge in [0.25, 0.3) is 0 Å². The summed E-state index contributed by atoms with van der Waals surface area (Å²) in [4.78, 5) is 25.7. The number of esters is 1. The van der Waals surface area contributed by atoms with E-state index in [0.717, 1.165) is 5.56 Å². The number of rotatable bonds is 4. The predicted molar refractivity (Wildman–Crippen MR) is 126 cm³/mol. The first-order valence-electron chi connectivity index (χ1n) is 10.9. The number of phenolic OH excluding ortho intramolecular Hbond substituents is 2. The Morgan fingerprint density at radius 3 is 2.38 bits per heavy atom. The highest BCUT2D eigenvalue weighted by Gasteiger charge is 2.33. The molecule has 0 spiro atoms. The molecule has 2 heterocycles. The number of fused-ring (bicyclic) bond motifs is 3. The second-order valence-electron chi connectivity index (χ2n) is 8.50. The highest BCUT2D eigenvalue weighted by atomic mass is 16.5. The SMILES string of the molecule is CC(C)Oc1ccc([C@@H]2CC(=O)Oc3cc(O)c4c(=O)c(-c5ccc(O)cc5)coc4c32)cc1. The van der Waals surface area contributed by atoms with Crippen LogP contribution in [0.5, 0.6) is 23.0 Å². The van der Waals surface area contributed by atoms with Crippen LogP contribution >= 0.6 is 0 Å². The number of carbonyl (C=O) groups is 1. The Kier molecular flexibility index (Phi) is 5.24. The molecule has 0 saturated heterocycles. The highest BCUT2D eigenvalue weighted by Crippen LogP contribution is 2.45. The third kappa shape index (κ3) is 3.75. The van der Waals surface area contributed by atoms with Gasteiger partial charge in [-0.25, -0.2) is 0 Å². The van der Waals surface area contributed by atoms with Crippen LogP contribution < -0.4 is 14.9 Å². The molecular formula is C27H22O7. The Labute approximate surface area is 194 Å². The Hall–Kier alpha value is -4.26. The van der Waals surface area contributed by atoms with E-state index in [1.54, 1.807) is 12.1 Å². The maximum atomic E-state index is 13.4. The summed E-state index contributed by atoms with van der Waals surface area (Å²) in [5.74, 6) is -0.276. The van der Waals surface area contributed by atoms with E-state index in [9.17, 15) is 19.8 Å². The van der Waals surface area contributed by atoms with Crippen LogP contribution in [0.2, 0.25) is 0 Å². The van der Waals surface area contributed by atoms with Crippen LogP contribution in [0.25, 0.3) is 22.1 Å². The molecule has 0 aliphatic carbocycles. The first kappa shape index (κ1) is 21.6. The van der Waals surface area contributed by atoms with Crippen molar-refractivity contribution in [3.8, 4) is 34.1 Å². The summed E-state index contributed by atoms with van der Waals surface area (Å²) >= 11 is 0. The monoisotopic (exact) mass is 458 g/mol. The average molecular weight is 458 g/mol. The van der Waals surface area contributed by atoms with Crippen molar-refractivity contribution in [3.05, 3.63) is 82.2 Å². The predicted octanol–water partition coefficient (Wildman–Crippen LogP) is 5.10. The summed E-state index contributed by atoms with van der Waals surface area (Å²) in [6, 6.07) is 14.8. The fourth-order valence-corrected chi connectivity index (χ4v) is 4.31. The Morgan fingerprint density at radius 2 is 1.71 bits per heavy atom. The summed E-state index contributed by atoms with van der Waals surface area (Å²) in [5, 5.41) is 20.2. The first-order chi connectivity index (χ1) is 16.3. The molecule has 0 bridgehead atoms. The van der Waals surface area contributed by atoms with Crippen molar-refractivity contribution in [2.75, 3.05) is 0 Å². The summed E-state index contributed by atoms with van der Waals surface area (Å²) < 4.78 is 17.0. The molecule has 2 N–H and O–H groups in total. The Balaban J connectivity index is 1.68. The molecule has 0 unspecified atom stereocenters.